The van der Waals surface area contributed by atoms with E-state index in [1.807, 2.05) is 22.8 Å². The molecular weight excluding hydrogens is 274 g/mol. The van der Waals surface area contributed by atoms with Crippen molar-refractivity contribution in [2.45, 2.75) is 31.0 Å². The molecule has 1 aromatic heterocycles. The lowest BCUT2D eigenvalue weighted by Crippen LogP contribution is -2.05. The lowest BCUT2D eigenvalue weighted by molar-refractivity contribution is -0.133. The number of hydrogen-bond acceptors (Lipinski definition) is 4. The van der Waals surface area contributed by atoms with Gasteiger partial charge in [-0.05, 0) is 17.9 Å². The highest BCUT2D eigenvalue weighted by molar-refractivity contribution is 7.99. The van der Waals surface area contributed by atoms with Gasteiger partial charge < -0.3 is 9.67 Å². The minimum absolute atomic E-state index is 0.00688. The standard InChI is InChI=1S/C14H17N3O2S/c1-11(12-5-3-2-4-6-12)7-8-17-10-15-16-14(17)20-9-13(18)19/h2-6,10-11H,7-9H2,1H3,(H,18,19). The van der Waals surface area contributed by atoms with Crippen molar-refractivity contribution in [1.82, 2.24) is 14.8 Å². The molecule has 1 aromatic carbocycles. The summed E-state index contributed by atoms with van der Waals surface area (Å²) in [4.78, 5) is 10.6. The molecule has 0 radical (unpaired) electrons. The SMILES string of the molecule is CC(CCn1cnnc1SCC(=O)O)c1ccccc1. The molecule has 1 atom stereocenters. The minimum Gasteiger partial charge on any atom is -0.481 e. The van der Waals surface area contributed by atoms with Gasteiger partial charge in [-0.3, -0.25) is 4.79 Å². The van der Waals surface area contributed by atoms with Crippen LogP contribution in [0.1, 0.15) is 24.8 Å². The molecule has 1 N–H and O–H groups in total. The number of hydrogen-bond donors (Lipinski definition) is 1. The van der Waals surface area contributed by atoms with Gasteiger partial charge in [0.25, 0.3) is 0 Å². The van der Waals surface area contributed by atoms with Crippen molar-refractivity contribution < 1.29 is 9.90 Å². The van der Waals surface area contributed by atoms with Crippen LogP contribution in [0.2, 0.25) is 0 Å². The molecule has 20 heavy (non-hydrogen) atoms. The van der Waals surface area contributed by atoms with Gasteiger partial charge >= 0.3 is 5.97 Å². The van der Waals surface area contributed by atoms with Gasteiger partial charge in [0.15, 0.2) is 5.16 Å². The highest BCUT2D eigenvalue weighted by Crippen LogP contribution is 2.21. The fourth-order valence-electron chi connectivity index (χ4n) is 1.92. The fourth-order valence-corrected chi connectivity index (χ4v) is 2.58. The lowest BCUT2D eigenvalue weighted by Gasteiger charge is -2.12. The Labute approximate surface area is 122 Å². The molecule has 0 fully saturated rings. The largest absolute Gasteiger partial charge is 0.481 e. The number of carbonyl (C=O) groups is 1. The normalized spacial score (nSPS) is 12.2. The number of aromatic nitrogens is 3. The van der Waals surface area contributed by atoms with Crippen molar-refractivity contribution in [3.63, 3.8) is 0 Å². The van der Waals surface area contributed by atoms with E-state index in [1.54, 1.807) is 6.33 Å². The van der Waals surface area contributed by atoms with E-state index in [2.05, 4.69) is 29.3 Å². The van der Waals surface area contributed by atoms with Crippen molar-refractivity contribution in [3.8, 4) is 0 Å². The average molecular weight is 291 g/mol. The first-order valence-corrected chi connectivity index (χ1v) is 7.42. The van der Waals surface area contributed by atoms with Crippen molar-refractivity contribution >= 4 is 17.7 Å². The first kappa shape index (κ1) is 14.6. The van der Waals surface area contributed by atoms with Gasteiger partial charge in [-0.25, -0.2) is 0 Å². The van der Waals surface area contributed by atoms with E-state index < -0.39 is 5.97 Å². The van der Waals surface area contributed by atoms with Crippen molar-refractivity contribution in [1.29, 1.82) is 0 Å². The van der Waals surface area contributed by atoms with Crippen LogP contribution in [-0.2, 0) is 11.3 Å². The predicted molar refractivity (Wildman–Crippen MR) is 77.9 cm³/mol. The zero-order valence-electron chi connectivity index (χ0n) is 11.3. The van der Waals surface area contributed by atoms with Crippen LogP contribution in [0.25, 0.3) is 0 Å². The molecule has 0 amide bonds. The number of nitrogens with zero attached hydrogens (tertiary/aromatic N) is 3. The monoisotopic (exact) mass is 291 g/mol. The second-order valence-corrected chi connectivity index (χ2v) is 5.53. The molecule has 0 spiro atoms. The van der Waals surface area contributed by atoms with Gasteiger partial charge in [-0.15, -0.1) is 10.2 Å². The molecule has 1 heterocycles. The average Bonchev–Trinajstić information content (AvgIpc) is 2.91. The van der Waals surface area contributed by atoms with Gasteiger partial charge in [0.1, 0.15) is 6.33 Å². The number of benzene rings is 1. The number of aryl methyl sites for hydroxylation is 1. The second-order valence-electron chi connectivity index (χ2n) is 4.59. The van der Waals surface area contributed by atoms with Crippen molar-refractivity contribution in [2.75, 3.05) is 5.75 Å². The Balaban J connectivity index is 1.91. The number of carboxylic acid groups (broad SMARTS) is 1. The van der Waals surface area contributed by atoms with E-state index in [0.717, 1.165) is 13.0 Å². The quantitative estimate of drug-likeness (QED) is 0.794. The maximum Gasteiger partial charge on any atom is 0.313 e. The predicted octanol–water partition coefficient (Wildman–Crippen LogP) is 2.65. The summed E-state index contributed by atoms with van der Waals surface area (Å²) in [6.45, 7) is 2.97. The van der Waals surface area contributed by atoms with Crippen molar-refractivity contribution in [3.05, 3.63) is 42.2 Å². The maximum absolute atomic E-state index is 10.6. The number of thioether (sulfide) groups is 1. The zero-order chi connectivity index (χ0) is 14.4. The molecule has 1 unspecified atom stereocenters. The Morgan fingerprint density at radius 2 is 2.15 bits per heavy atom. The summed E-state index contributed by atoms with van der Waals surface area (Å²) in [6, 6.07) is 10.3. The highest BCUT2D eigenvalue weighted by atomic mass is 32.2. The second kappa shape index (κ2) is 7.09. The molecular formula is C14H17N3O2S. The van der Waals surface area contributed by atoms with E-state index in [0.29, 0.717) is 11.1 Å². The third-order valence-corrected chi connectivity index (χ3v) is 4.04. The van der Waals surface area contributed by atoms with E-state index in [1.165, 1.54) is 17.3 Å². The molecule has 106 valence electrons. The molecule has 0 saturated carbocycles. The maximum atomic E-state index is 10.6. The van der Waals surface area contributed by atoms with E-state index in [4.69, 9.17) is 5.11 Å². The van der Waals surface area contributed by atoms with E-state index in [9.17, 15) is 4.79 Å². The molecule has 0 bridgehead atoms. The summed E-state index contributed by atoms with van der Waals surface area (Å²) in [7, 11) is 0. The topological polar surface area (TPSA) is 68.0 Å². The molecule has 0 aliphatic carbocycles. The number of rotatable bonds is 7. The Bertz CT molecular complexity index is 557. The highest BCUT2D eigenvalue weighted by Gasteiger charge is 2.10. The third-order valence-electron chi connectivity index (χ3n) is 3.08. The van der Waals surface area contributed by atoms with E-state index >= 15 is 0 Å². The van der Waals surface area contributed by atoms with Crippen LogP contribution < -0.4 is 0 Å². The van der Waals surface area contributed by atoms with Crippen LogP contribution in [0.5, 0.6) is 0 Å². The summed E-state index contributed by atoms with van der Waals surface area (Å²) in [5.74, 6) is -0.398. The summed E-state index contributed by atoms with van der Waals surface area (Å²) in [5, 5.41) is 17.2. The van der Waals surface area contributed by atoms with Gasteiger partial charge in [-0.2, -0.15) is 0 Å². The van der Waals surface area contributed by atoms with Gasteiger partial charge in [0.05, 0.1) is 5.75 Å². The molecule has 5 nitrogen and oxygen atoms in total. The Morgan fingerprint density at radius 1 is 1.40 bits per heavy atom. The third kappa shape index (κ3) is 4.09. The van der Waals surface area contributed by atoms with Crippen LogP contribution in [0, 0.1) is 0 Å². The van der Waals surface area contributed by atoms with Crippen molar-refractivity contribution in [2.24, 2.45) is 0 Å². The van der Waals surface area contributed by atoms with Crippen LogP contribution in [0.15, 0.2) is 41.8 Å². The minimum atomic E-state index is -0.845. The van der Waals surface area contributed by atoms with Crippen LogP contribution in [0.3, 0.4) is 0 Å². The van der Waals surface area contributed by atoms with Crippen LogP contribution in [-0.4, -0.2) is 31.6 Å². The Morgan fingerprint density at radius 3 is 2.85 bits per heavy atom. The van der Waals surface area contributed by atoms with Gasteiger partial charge in [0, 0.05) is 6.54 Å². The fraction of sp³-hybridized carbons (Fsp3) is 0.357. The van der Waals surface area contributed by atoms with Gasteiger partial charge in [-0.1, -0.05) is 49.0 Å². The number of aliphatic carboxylic acids is 1. The zero-order valence-corrected chi connectivity index (χ0v) is 12.1. The van der Waals surface area contributed by atoms with Crippen LogP contribution in [0.4, 0.5) is 0 Å². The Hall–Kier alpha value is -1.82. The van der Waals surface area contributed by atoms with Gasteiger partial charge in [0.2, 0.25) is 0 Å². The Kier molecular flexibility index (Phi) is 5.17. The molecule has 0 saturated heterocycles. The molecule has 2 rings (SSSR count). The number of carboxylic acids is 1. The van der Waals surface area contributed by atoms with E-state index in [-0.39, 0.29) is 5.75 Å². The lowest BCUT2D eigenvalue weighted by atomic mass is 9.98. The molecule has 2 aromatic rings. The summed E-state index contributed by atoms with van der Waals surface area (Å²) in [6.07, 6.45) is 2.62. The summed E-state index contributed by atoms with van der Waals surface area (Å²) >= 11 is 1.20. The summed E-state index contributed by atoms with van der Waals surface area (Å²) < 4.78 is 1.91. The first-order chi connectivity index (χ1) is 9.66. The smallest absolute Gasteiger partial charge is 0.313 e. The summed E-state index contributed by atoms with van der Waals surface area (Å²) in [5.41, 5.74) is 1.31. The van der Waals surface area contributed by atoms with Crippen LogP contribution >= 0.6 is 11.8 Å². The molecule has 6 heteroatoms. The first-order valence-electron chi connectivity index (χ1n) is 6.44. The molecule has 0 aliphatic heterocycles. The molecule has 0 aliphatic rings.